The minimum atomic E-state index is 0.515. The number of fused-ring (bicyclic) bond motifs is 8. The smallest absolute Gasteiger partial charge is 0.0473 e. The summed E-state index contributed by atoms with van der Waals surface area (Å²) in [5, 5.41) is 8.24. The highest BCUT2D eigenvalue weighted by Crippen LogP contribution is 2.50. The molecule has 236 valence electrons. The van der Waals surface area contributed by atoms with Crippen molar-refractivity contribution in [3.8, 4) is 22.3 Å². The van der Waals surface area contributed by atoms with Crippen molar-refractivity contribution < 1.29 is 0 Å². The van der Waals surface area contributed by atoms with Gasteiger partial charge in [0.05, 0.1) is 0 Å². The van der Waals surface area contributed by atoms with Crippen LogP contribution in [-0.4, -0.2) is 5.25 Å². The van der Waals surface area contributed by atoms with E-state index >= 15 is 0 Å². The Balaban J connectivity index is 1.05. The zero-order valence-corrected chi connectivity index (χ0v) is 28.3. The number of rotatable bonds is 5. The second-order valence-corrected chi connectivity index (χ2v) is 14.5. The van der Waals surface area contributed by atoms with Gasteiger partial charge in [-0.15, -0.1) is 11.8 Å². The number of anilines is 3. The Morgan fingerprint density at radius 3 is 1.84 bits per heavy atom. The summed E-state index contributed by atoms with van der Waals surface area (Å²) in [7, 11) is 0. The number of thioether (sulfide) groups is 1. The molecule has 1 aliphatic heterocycles. The Bertz CT molecular complexity index is 2630. The van der Waals surface area contributed by atoms with Crippen LogP contribution in [0.2, 0.25) is 0 Å². The summed E-state index contributed by atoms with van der Waals surface area (Å²) in [6.07, 6.45) is 7.88. The lowest BCUT2D eigenvalue weighted by atomic mass is 9.94. The van der Waals surface area contributed by atoms with Crippen molar-refractivity contribution in [3.63, 3.8) is 0 Å². The topological polar surface area (TPSA) is 3.24 Å². The van der Waals surface area contributed by atoms with Crippen LogP contribution in [0.5, 0.6) is 0 Å². The minimum absolute atomic E-state index is 0.515. The van der Waals surface area contributed by atoms with Crippen molar-refractivity contribution in [2.45, 2.75) is 16.6 Å². The van der Waals surface area contributed by atoms with Crippen LogP contribution in [0.3, 0.4) is 0 Å². The van der Waals surface area contributed by atoms with Crippen molar-refractivity contribution in [1.82, 2.24) is 0 Å². The number of allylic oxidation sites excluding steroid dienone is 3. The van der Waals surface area contributed by atoms with E-state index in [4.69, 9.17) is 0 Å². The Hall–Kier alpha value is -5.83. The molecule has 50 heavy (non-hydrogen) atoms. The fraction of sp³-hybridized carbons (Fsp3) is 0.0417. The van der Waals surface area contributed by atoms with Gasteiger partial charge in [0, 0.05) is 27.2 Å². The first-order valence-corrected chi connectivity index (χ1v) is 18.2. The van der Waals surface area contributed by atoms with Crippen molar-refractivity contribution in [2.24, 2.45) is 0 Å². The SMILES string of the molecule is C1=CCC2Sc3cc(N(c4ccc(-c5ccccc5)cc4)c4ccc(-c5ccc6ccc7c8ccccc8ccc7c6c5)cc4)ccc3C2=C1. The number of nitrogens with zero attached hydrogens (tertiary/aromatic N) is 1. The van der Waals surface area contributed by atoms with Gasteiger partial charge in [-0.3, -0.25) is 0 Å². The van der Waals surface area contributed by atoms with Gasteiger partial charge in [-0.1, -0.05) is 140 Å². The van der Waals surface area contributed by atoms with Crippen LogP contribution in [0.4, 0.5) is 17.1 Å². The third-order valence-electron chi connectivity index (χ3n) is 10.3. The number of benzene rings is 8. The third kappa shape index (κ3) is 4.95. The lowest BCUT2D eigenvalue weighted by Gasteiger charge is -2.26. The van der Waals surface area contributed by atoms with Crippen molar-refractivity contribution >= 4 is 66.7 Å². The van der Waals surface area contributed by atoms with Crippen LogP contribution in [0, 0.1) is 0 Å². The molecule has 8 aromatic rings. The lowest BCUT2D eigenvalue weighted by Crippen LogP contribution is -2.10. The van der Waals surface area contributed by atoms with Crippen molar-refractivity contribution in [1.29, 1.82) is 0 Å². The molecular formula is C48H33NS. The standard InChI is InChI=1S/C48H33NS/c1-2-8-32(9-3-1)33-16-22-38(23-17-33)49(40-26-29-45-44-12-6-7-13-47(44)50-48(45)31-40)39-24-18-34(19-25-39)37-15-14-36-21-27-42-41-11-5-4-10-35(41)20-28-43(42)46(36)30-37/h1-12,14-31,47H,13H2. The first-order chi connectivity index (χ1) is 24.8. The molecule has 0 fully saturated rings. The minimum Gasteiger partial charge on any atom is -0.310 e. The summed E-state index contributed by atoms with van der Waals surface area (Å²) in [5.74, 6) is 0. The molecule has 0 N–H and O–H groups in total. The quantitative estimate of drug-likeness (QED) is 0.170. The van der Waals surface area contributed by atoms with E-state index in [0.717, 1.165) is 17.8 Å². The normalized spacial score (nSPS) is 14.9. The molecule has 10 rings (SSSR count). The molecule has 1 unspecified atom stereocenters. The van der Waals surface area contributed by atoms with Gasteiger partial charge in [-0.25, -0.2) is 0 Å². The number of hydrogen-bond acceptors (Lipinski definition) is 2. The summed E-state index contributed by atoms with van der Waals surface area (Å²) in [5.41, 5.74) is 11.2. The van der Waals surface area contributed by atoms with Crippen LogP contribution < -0.4 is 4.90 Å². The Morgan fingerprint density at radius 1 is 0.460 bits per heavy atom. The van der Waals surface area contributed by atoms with Gasteiger partial charge in [0.25, 0.3) is 0 Å². The van der Waals surface area contributed by atoms with Gasteiger partial charge in [0.1, 0.15) is 0 Å². The average Bonchev–Trinajstić information content (AvgIpc) is 3.56. The van der Waals surface area contributed by atoms with E-state index in [0.29, 0.717) is 5.25 Å². The molecule has 0 aromatic heterocycles. The van der Waals surface area contributed by atoms with E-state index in [1.165, 1.54) is 76.3 Å². The van der Waals surface area contributed by atoms with Gasteiger partial charge in [-0.2, -0.15) is 0 Å². The largest absolute Gasteiger partial charge is 0.310 e. The van der Waals surface area contributed by atoms with E-state index in [1.807, 2.05) is 11.8 Å². The van der Waals surface area contributed by atoms with Crippen LogP contribution in [0.25, 0.3) is 60.1 Å². The second kappa shape index (κ2) is 11.9. The van der Waals surface area contributed by atoms with Crippen LogP contribution in [0.15, 0.2) is 187 Å². The van der Waals surface area contributed by atoms with Crippen molar-refractivity contribution in [3.05, 3.63) is 188 Å². The van der Waals surface area contributed by atoms with Gasteiger partial charge in [0.15, 0.2) is 0 Å². The summed E-state index contributed by atoms with van der Waals surface area (Å²) < 4.78 is 0. The van der Waals surface area contributed by atoms with E-state index in [9.17, 15) is 0 Å². The highest BCUT2D eigenvalue weighted by atomic mass is 32.2. The molecule has 2 heteroatoms. The predicted octanol–water partition coefficient (Wildman–Crippen LogP) is 13.8. The molecule has 1 atom stereocenters. The summed E-state index contributed by atoms with van der Waals surface area (Å²) in [6, 6.07) is 60.3. The number of hydrogen-bond donors (Lipinski definition) is 0. The molecule has 0 bridgehead atoms. The maximum atomic E-state index is 2.40. The van der Waals surface area contributed by atoms with E-state index in [1.54, 1.807) is 0 Å². The Labute approximate surface area is 296 Å². The molecule has 2 aliphatic rings. The zero-order valence-electron chi connectivity index (χ0n) is 27.5. The molecule has 0 spiro atoms. The lowest BCUT2D eigenvalue weighted by molar-refractivity contribution is 1.09. The van der Waals surface area contributed by atoms with Gasteiger partial charge >= 0.3 is 0 Å². The molecule has 1 aliphatic carbocycles. The van der Waals surface area contributed by atoms with Gasteiger partial charge in [-0.05, 0) is 115 Å². The van der Waals surface area contributed by atoms with Gasteiger partial charge in [0.2, 0.25) is 0 Å². The van der Waals surface area contributed by atoms with Crippen molar-refractivity contribution in [2.75, 3.05) is 4.90 Å². The molecule has 8 aromatic carbocycles. The van der Waals surface area contributed by atoms with Crippen LogP contribution in [0.1, 0.15) is 12.0 Å². The van der Waals surface area contributed by atoms with E-state index in [-0.39, 0.29) is 0 Å². The average molecular weight is 656 g/mol. The second-order valence-electron chi connectivity index (χ2n) is 13.3. The molecule has 0 saturated heterocycles. The van der Waals surface area contributed by atoms with Crippen LogP contribution in [-0.2, 0) is 0 Å². The summed E-state index contributed by atoms with van der Waals surface area (Å²) in [6.45, 7) is 0. The molecule has 1 heterocycles. The summed E-state index contributed by atoms with van der Waals surface area (Å²) in [4.78, 5) is 3.76. The predicted molar refractivity (Wildman–Crippen MR) is 216 cm³/mol. The third-order valence-corrected chi connectivity index (χ3v) is 11.7. The molecular weight excluding hydrogens is 623 g/mol. The Kier molecular flexibility index (Phi) is 6.96. The summed E-state index contributed by atoms with van der Waals surface area (Å²) >= 11 is 2.00. The zero-order chi connectivity index (χ0) is 33.0. The highest BCUT2D eigenvalue weighted by molar-refractivity contribution is 8.00. The fourth-order valence-electron chi connectivity index (χ4n) is 7.80. The maximum Gasteiger partial charge on any atom is 0.0473 e. The first-order valence-electron chi connectivity index (χ1n) is 17.3. The van der Waals surface area contributed by atoms with Gasteiger partial charge < -0.3 is 4.90 Å². The monoisotopic (exact) mass is 655 g/mol. The van der Waals surface area contributed by atoms with Crippen LogP contribution >= 0.6 is 11.8 Å². The molecule has 1 nitrogen and oxygen atoms in total. The van der Waals surface area contributed by atoms with E-state index < -0.39 is 0 Å². The molecule has 0 saturated carbocycles. The first kappa shape index (κ1) is 29.1. The molecule has 0 amide bonds. The highest BCUT2D eigenvalue weighted by Gasteiger charge is 2.29. The van der Waals surface area contributed by atoms with E-state index in [2.05, 4.69) is 187 Å². The maximum absolute atomic E-state index is 2.40. The fourth-order valence-corrected chi connectivity index (χ4v) is 9.15. The molecule has 0 radical (unpaired) electrons. The Morgan fingerprint density at radius 2 is 1.06 bits per heavy atom.